The molecular formula is C14H15BrO5. The van der Waals surface area contributed by atoms with E-state index in [0.717, 1.165) is 5.56 Å². The predicted molar refractivity (Wildman–Crippen MR) is 75.5 cm³/mol. The van der Waals surface area contributed by atoms with Crippen LogP contribution in [0.4, 0.5) is 0 Å². The minimum atomic E-state index is -0.873. The Morgan fingerprint density at radius 1 is 1.50 bits per heavy atom. The summed E-state index contributed by atoms with van der Waals surface area (Å²) in [6, 6.07) is 1.50. The molecule has 0 radical (unpaired) electrons. The van der Waals surface area contributed by atoms with Gasteiger partial charge < -0.3 is 14.2 Å². The second-order valence-corrected chi connectivity index (χ2v) is 5.22. The molecule has 0 saturated carbocycles. The molecule has 6 heteroatoms. The predicted octanol–water partition coefficient (Wildman–Crippen LogP) is 2.53. The Bertz CT molecular complexity index is 567. The van der Waals surface area contributed by atoms with Crippen LogP contribution in [0.1, 0.15) is 29.8 Å². The Morgan fingerprint density at radius 3 is 2.80 bits per heavy atom. The molecule has 1 heterocycles. The normalized spacial score (nSPS) is 16.3. The molecule has 2 rings (SSSR count). The van der Waals surface area contributed by atoms with Crippen LogP contribution in [0.25, 0.3) is 0 Å². The van der Waals surface area contributed by atoms with Crippen molar-refractivity contribution in [2.75, 3.05) is 13.7 Å². The lowest BCUT2D eigenvalue weighted by Gasteiger charge is -2.12. The van der Waals surface area contributed by atoms with Crippen LogP contribution >= 0.6 is 15.9 Å². The van der Waals surface area contributed by atoms with Gasteiger partial charge in [0.05, 0.1) is 13.7 Å². The molecule has 0 bridgehead atoms. The van der Waals surface area contributed by atoms with E-state index in [1.165, 1.54) is 13.2 Å². The first kappa shape index (κ1) is 14.8. The van der Waals surface area contributed by atoms with Gasteiger partial charge in [-0.25, -0.2) is 4.79 Å². The van der Waals surface area contributed by atoms with Crippen molar-refractivity contribution in [3.8, 4) is 11.5 Å². The van der Waals surface area contributed by atoms with Crippen molar-refractivity contribution in [2.45, 2.75) is 26.4 Å². The quantitative estimate of drug-likeness (QED) is 0.478. The highest BCUT2D eigenvalue weighted by Gasteiger charge is 2.31. The molecule has 108 valence electrons. The number of carbonyl (C=O) groups is 2. The maximum atomic E-state index is 12.1. The molecular weight excluding hydrogens is 328 g/mol. The van der Waals surface area contributed by atoms with Crippen LogP contribution in [0.15, 0.2) is 10.5 Å². The summed E-state index contributed by atoms with van der Waals surface area (Å²) in [6.45, 7) is 3.74. The summed E-state index contributed by atoms with van der Waals surface area (Å²) >= 11 is 3.38. The zero-order chi connectivity index (χ0) is 14.9. The van der Waals surface area contributed by atoms with Gasteiger partial charge in [0.2, 0.25) is 0 Å². The fourth-order valence-corrected chi connectivity index (χ4v) is 2.77. The fourth-order valence-electron chi connectivity index (χ4n) is 2.14. The fraction of sp³-hybridized carbons (Fsp3) is 0.429. The van der Waals surface area contributed by atoms with Crippen LogP contribution in [0.3, 0.4) is 0 Å². The molecule has 0 amide bonds. The number of hydrogen-bond acceptors (Lipinski definition) is 5. The lowest BCUT2D eigenvalue weighted by Crippen LogP contribution is -2.18. The van der Waals surface area contributed by atoms with Crippen LogP contribution in [0.5, 0.6) is 11.5 Å². The monoisotopic (exact) mass is 342 g/mol. The highest BCUT2D eigenvalue weighted by atomic mass is 79.9. The smallest absolute Gasteiger partial charge is 0.379 e. The van der Waals surface area contributed by atoms with E-state index in [1.807, 2.05) is 6.92 Å². The molecule has 1 aromatic carbocycles. The number of Topliss-reactive ketones (excluding diaryl/α,β-unsaturated/α-hetero) is 1. The molecule has 0 spiro atoms. The van der Waals surface area contributed by atoms with Gasteiger partial charge >= 0.3 is 5.97 Å². The number of hydrogen-bond donors (Lipinski definition) is 0. The van der Waals surface area contributed by atoms with E-state index in [0.29, 0.717) is 22.4 Å². The van der Waals surface area contributed by atoms with Gasteiger partial charge in [-0.3, -0.25) is 4.79 Å². The molecule has 0 aliphatic carbocycles. The van der Waals surface area contributed by atoms with E-state index in [1.54, 1.807) is 6.92 Å². The van der Waals surface area contributed by atoms with Crippen LogP contribution in [-0.4, -0.2) is 31.6 Å². The van der Waals surface area contributed by atoms with Gasteiger partial charge in [-0.05, 0) is 35.8 Å². The Labute approximate surface area is 125 Å². The number of rotatable bonds is 4. The van der Waals surface area contributed by atoms with E-state index in [4.69, 9.17) is 14.2 Å². The van der Waals surface area contributed by atoms with E-state index in [9.17, 15) is 9.59 Å². The van der Waals surface area contributed by atoms with Crippen LogP contribution in [0.2, 0.25) is 0 Å². The van der Waals surface area contributed by atoms with Gasteiger partial charge in [0.25, 0.3) is 5.78 Å². The standard InChI is InChI=1S/C14H15BrO5/c1-4-19-14(17)12(16)8-6-10(18-3)13-9(11(8)15)5-7(2)20-13/h6-7H,4-5H2,1-3H3. The summed E-state index contributed by atoms with van der Waals surface area (Å²) in [6.07, 6.45) is 0.652. The molecule has 1 aliphatic heterocycles. The molecule has 1 aliphatic rings. The van der Waals surface area contributed by atoms with E-state index in [-0.39, 0.29) is 18.3 Å². The lowest BCUT2D eigenvalue weighted by molar-refractivity contribution is -0.137. The Kier molecular flexibility index (Phi) is 4.32. The maximum Gasteiger partial charge on any atom is 0.379 e. The number of ketones is 1. The summed E-state index contributed by atoms with van der Waals surface area (Å²) in [4.78, 5) is 23.7. The second-order valence-electron chi connectivity index (χ2n) is 4.43. The summed E-state index contributed by atoms with van der Waals surface area (Å²) in [5.41, 5.74) is 1.07. The largest absolute Gasteiger partial charge is 0.493 e. The van der Waals surface area contributed by atoms with Gasteiger partial charge in [-0.15, -0.1) is 0 Å². The molecule has 0 saturated heterocycles. The first-order valence-corrected chi connectivity index (χ1v) is 7.06. The van der Waals surface area contributed by atoms with Gasteiger partial charge in [0, 0.05) is 22.0 Å². The van der Waals surface area contributed by atoms with Crippen molar-refractivity contribution >= 4 is 27.7 Å². The molecule has 20 heavy (non-hydrogen) atoms. The van der Waals surface area contributed by atoms with Crippen molar-refractivity contribution in [2.24, 2.45) is 0 Å². The topological polar surface area (TPSA) is 61.8 Å². The van der Waals surface area contributed by atoms with E-state index < -0.39 is 11.8 Å². The molecule has 1 atom stereocenters. The average molecular weight is 343 g/mol. The number of benzene rings is 1. The van der Waals surface area contributed by atoms with Crippen molar-refractivity contribution in [1.29, 1.82) is 0 Å². The molecule has 1 aromatic rings. The third-order valence-corrected chi connectivity index (χ3v) is 3.92. The molecule has 0 N–H and O–H groups in total. The summed E-state index contributed by atoms with van der Waals surface area (Å²) < 4.78 is 16.2. The highest BCUT2D eigenvalue weighted by Crippen LogP contribution is 2.44. The number of esters is 1. The summed E-state index contributed by atoms with van der Waals surface area (Å²) in [5, 5.41) is 0. The average Bonchev–Trinajstić information content (AvgIpc) is 2.81. The Morgan fingerprint density at radius 2 is 2.20 bits per heavy atom. The first-order chi connectivity index (χ1) is 9.49. The number of methoxy groups -OCH3 is 1. The Balaban J connectivity index is 2.48. The first-order valence-electron chi connectivity index (χ1n) is 6.27. The lowest BCUT2D eigenvalue weighted by atomic mass is 10.0. The number of halogens is 1. The van der Waals surface area contributed by atoms with Gasteiger partial charge in [0.1, 0.15) is 6.10 Å². The van der Waals surface area contributed by atoms with Crippen LogP contribution in [0, 0.1) is 0 Å². The molecule has 0 fully saturated rings. The molecule has 0 aromatic heterocycles. The van der Waals surface area contributed by atoms with E-state index >= 15 is 0 Å². The van der Waals surface area contributed by atoms with Crippen molar-refractivity contribution in [3.05, 3.63) is 21.7 Å². The highest BCUT2D eigenvalue weighted by molar-refractivity contribution is 9.10. The summed E-state index contributed by atoms with van der Waals surface area (Å²) in [5.74, 6) is -0.506. The number of ether oxygens (including phenoxy) is 3. The molecule has 1 unspecified atom stereocenters. The van der Waals surface area contributed by atoms with Gasteiger partial charge in [-0.2, -0.15) is 0 Å². The number of fused-ring (bicyclic) bond motifs is 1. The third kappa shape index (κ3) is 2.52. The third-order valence-electron chi connectivity index (χ3n) is 3.01. The minimum Gasteiger partial charge on any atom is -0.493 e. The summed E-state index contributed by atoms with van der Waals surface area (Å²) in [7, 11) is 1.49. The minimum absolute atomic E-state index is 0.00291. The van der Waals surface area contributed by atoms with Gasteiger partial charge in [-0.1, -0.05) is 0 Å². The second kappa shape index (κ2) is 5.83. The van der Waals surface area contributed by atoms with Crippen molar-refractivity contribution in [1.82, 2.24) is 0 Å². The maximum absolute atomic E-state index is 12.1. The van der Waals surface area contributed by atoms with Gasteiger partial charge in [0.15, 0.2) is 11.5 Å². The zero-order valence-electron chi connectivity index (χ0n) is 11.5. The van der Waals surface area contributed by atoms with Crippen LogP contribution in [-0.2, 0) is 16.0 Å². The SMILES string of the molecule is CCOC(=O)C(=O)c1cc(OC)c2c(c1Br)CC(C)O2. The van der Waals surface area contributed by atoms with Crippen molar-refractivity contribution in [3.63, 3.8) is 0 Å². The number of carbonyl (C=O) groups excluding carboxylic acids is 2. The zero-order valence-corrected chi connectivity index (χ0v) is 13.1. The van der Waals surface area contributed by atoms with Crippen LogP contribution < -0.4 is 9.47 Å². The Hall–Kier alpha value is -1.56. The van der Waals surface area contributed by atoms with Crippen molar-refractivity contribution < 1.29 is 23.8 Å². The van der Waals surface area contributed by atoms with E-state index in [2.05, 4.69) is 15.9 Å². The molecule has 5 nitrogen and oxygen atoms in total.